The zero-order valence-corrected chi connectivity index (χ0v) is 17.2. The number of hydrogen-bond acceptors (Lipinski definition) is 6. The van der Waals surface area contributed by atoms with Gasteiger partial charge in [-0.25, -0.2) is 8.78 Å². The Kier molecular flexibility index (Phi) is 5.99. The third-order valence-electron chi connectivity index (χ3n) is 6.03. The number of rotatable bonds is 6. The number of hydrogen-bond donors (Lipinski definition) is 2. The molecule has 0 bridgehead atoms. The molecule has 166 valence electrons. The maximum absolute atomic E-state index is 14.5. The van der Waals surface area contributed by atoms with Gasteiger partial charge in [0, 0.05) is 37.8 Å². The average molecular weight is 433 g/mol. The fourth-order valence-electron chi connectivity index (χ4n) is 3.77. The lowest BCUT2D eigenvalue weighted by Gasteiger charge is -2.40. The molecule has 0 aromatic carbocycles. The van der Waals surface area contributed by atoms with Crippen molar-refractivity contribution in [2.45, 2.75) is 56.6 Å². The summed E-state index contributed by atoms with van der Waals surface area (Å²) in [5, 5.41) is 10.6. The van der Waals surface area contributed by atoms with Crippen molar-refractivity contribution >= 4 is 11.7 Å². The molecule has 1 saturated heterocycles. The van der Waals surface area contributed by atoms with Gasteiger partial charge in [0.15, 0.2) is 5.82 Å². The highest BCUT2D eigenvalue weighted by atomic mass is 19.3. The molecule has 0 spiro atoms. The molecule has 2 aromatic rings. The molecule has 8 nitrogen and oxygen atoms in total. The number of piperidine rings is 1. The number of carbonyl (C=O) groups is 1. The monoisotopic (exact) mass is 433 g/mol. The molecule has 1 aliphatic heterocycles. The van der Waals surface area contributed by atoms with Gasteiger partial charge >= 0.3 is 0 Å². The fraction of sp³-hybridized carbons (Fsp3) is 0.524. The van der Waals surface area contributed by atoms with Crippen LogP contribution >= 0.6 is 0 Å². The molecule has 2 aromatic heterocycles. The summed E-state index contributed by atoms with van der Waals surface area (Å²) < 4.78 is 34.7. The van der Waals surface area contributed by atoms with Crippen LogP contribution in [-0.2, 0) is 4.79 Å². The van der Waals surface area contributed by atoms with Gasteiger partial charge in [-0.05, 0) is 37.8 Å². The van der Waals surface area contributed by atoms with Crippen LogP contribution in [0.25, 0.3) is 0 Å². The largest absolute Gasteiger partial charge is 0.473 e. The summed E-state index contributed by atoms with van der Waals surface area (Å²) in [4.78, 5) is 28.1. The maximum Gasteiger partial charge on any atom is 0.257 e. The summed E-state index contributed by atoms with van der Waals surface area (Å²) in [6.07, 6.45) is 4.29. The fourth-order valence-corrected chi connectivity index (χ4v) is 3.77. The summed E-state index contributed by atoms with van der Waals surface area (Å²) in [5.74, 6) is -3.70. The second-order valence-corrected chi connectivity index (χ2v) is 8.14. The third kappa shape index (κ3) is 4.90. The number of carbonyl (C=O) groups excluding carboxylic acids is 1. The van der Waals surface area contributed by atoms with Gasteiger partial charge in [-0.1, -0.05) is 6.07 Å². The number of pyridine rings is 1. The van der Waals surface area contributed by atoms with Crippen LogP contribution in [0.5, 0.6) is 5.88 Å². The predicted octanol–water partition coefficient (Wildman–Crippen LogP) is 2.55. The van der Waals surface area contributed by atoms with Crippen molar-refractivity contribution in [2.24, 2.45) is 0 Å². The topological polar surface area (TPSA) is 100 Å². The molecule has 0 radical (unpaired) electrons. The third-order valence-corrected chi connectivity index (χ3v) is 6.03. The number of likely N-dealkylation sites (tertiary alicyclic amines) is 1. The molecule has 10 heteroatoms. The lowest BCUT2D eigenvalue weighted by Crippen LogP contribution is -2.52. The number of H-pyrrole nitrogens is 1. The molecule has 2 atom stereocenters. The second-order valence-electron chi connectivity index (χ2n) is 8.14. The number of ether oxygens (including phenoxy) is 1. The van der Waals surface area contributed by atoms with E-state index in [-0.39, 0.29) is 42.9 Å². The van der Waals surface area contributed by atoms with Crippen molar-refractivity contribution in [3.63, 3.8) is 0 Å². The van der Waals surface area contributed by atoms with Crippen LogP contribution in [0, 0.1) is 0 Å². The Morgan fingerprint density at radius 1 is 1.29 bits per heavy atom. The molecule has 1 amide bonds. The lowest BCUT2D eigenvalue weighted by atomic mass is 9.87. The summed E-state index contributed by atoms with van der Waals surface area (Å²) in [5.41, 5.74) is -0.00693. The highest BCUT2D eigenvalue weighted by molar-refractivity contribution is 5.93. The van der Waals surface area contributed by atoms with E-state index < -0.39 is 17.9 Å². The summed E-state index contributed by atoms with van der Waals surface area (Å²) in [6.45, 7) is 1.75. The van der Waals surface area contributed by atoms with Gasteiger partial charge in [0.05, 0.1) is 12.0 Å². The van der Waals surface area contributed by atoms with E-state index in [1.165, 1.54) is 18.3 Å². The van der Waals surface area contributed by atoms with E-state index in [9.17, 15) is 18.4 Å². The number of nitrogens with one attached hydrogen (secondary N) is 2. The summed E-state index contributed by atoms with van der Waals surface area (Å²) in [7, 11) is 0. The number of aromatic amines is 1. The van der Waals surface area contributed by atoms with E-state index >= 15 is 0 Å². The standard InChI is InChI=1S/C21H25F2N5O3/c1-13(20(30)25-17-6-8-19(27-26-17)31-15-3-2-4-15)28-10-9-21(22,23)16(12-28)14-5-7-18(29)24-11-14/h5-8,11,13,15-16H,2-4,9-10,12H2,1H3,(H,24,29)(H,25,26,30)/t13-,16+/m0/s1. The molecule has 0 unspecified atom stereocenters. The first-order valence-electron chi connectivity index (χ1n) is 10.4. The number of nitrogens with zero attached hydrogens (tertiary/aromatic N) is 3. The Morgan fingerprint density at radius 3 is 2.71 bits per heavy atom. The van der Waals surface area contributed by atoms with E-state index in [1.807, 2.05) is 0 Å². The first-order valence-corrected chi connectivity index (χ1v) is 10.4. The van der Waals surface area contributed by atoms with Gasteiger partial charge in [0.1, 0.15) is 6.10 Å². The zero-order chi connectivity index (χ0) is 22.0. The normalized spacial score (nSPS) is 22.4. The molecule has 4 rings (SSSR count). The van der Waals surface area contributed by atoms with E-state index in [2.05, 4.69) is 20.5 Å². The Morgan fingerprint density at radius 2 is 2.10 bits per heavy atom. The van der Waals surface area contributed by atoms with Crippen LogP contribution in [0.2, 0.25) is 0 Å². The van der Waals surface area contributed by atoms with Crippen molar-refractivity contribution < 1.29 is 18.3 Å². The lowest BCUT2D eigenvalue weighted by molar-refractivity contribution is -0.125. The molecular weight excluding hydrogens is 408 g/mol. The second kappa shape index (κ2) is 8.70. The first kappa shape index (κ1) is 21.4. The minimum atomic E-state index is -2.92. The average Bonchev–Trinajstić information content (AvgIpc) is 2.72. The summed E-state index contributed by atoms with van der Waals surface area (Å²) in [6, 6.07) is 5.26. The Hall–Kier alpha value is -2.88. The minimum absolute atomic E-state index is 0.00647. The van der Waals surface area contributed by atoms with Gasteiger partial charge in [-0.15, -0.1) is 10.2 Å². The quantitative estimate of drug-likeness (QED) is 0.726. The summed E-state index contributed by atoms with van der Waals surface area (Å²) >= 11 is 0. The van der Waals surface area contributed by atoms with Gasteiger partial charge < -0.3 is 15.0 Å². The van der Waals surface area contributed by atoms with Crippen molar-refractivity contribution in [1.29, 1.82) is 0 Å². The van der Waals surface area contributed by atoms with Crippen LogP contribution in [0.15, 0.2) is 35.3 Å². The van der Waals surface area contributed by atoms with Crippen LogP contribution < -0.4 is 15.6 Å². The molecule has 2 N–H and O–H groups in total. The molecule has 2 aliphatic rings. The van der Waals surface area contributed by atoms with Crippen LogP contribution in [0.3, 0.4) is 0 Å². The number of anilines is 1. The van der Waals surface area contributed by atoms with Crippen molar-refractivity contribution in [3.05, 3.63) is 46.4 Å². The number of aromatic nitrogens is 3. The smallest absolute Gasteiger partial charge is 0.257 e. The van der Waals surface area contributed by atoms with Crippen molar-refractivity contribution in [1.82, 2.24) is 20.1 Å². The van der Waals surface area contributed by atoms with Crippen LogP contribution in [0.4, 0.5) is 14.6 Å². The number of halogens is 2. The van der Waals surface area contributed by atoms with Gasteiger partial charge in [-0.2, -0.15) is 0 Å². The van der Waals surface area contributed by atoms with Gasteiger partial charge in [0.25, 0.3) is 5.92 Å². The van der Waals surface area contributed by atoms with Crippen molar-refractivity contribution in [3.8, 4) is 5.88 Å². The first-order chi connectivity index (χ1) is 14.8. The van der Waals surface area contributed by atoms with Crippen LogP contribution in [0.1, 0.15) is 44.1 Å². The van der Waals surface area contributed by atoms with Crippen LogP contribution in [-0.4, -0.2) is 57.1 Å². The molecule has 1 saturated carbocycles. The number of alkyl halides is 2. The Balaban J connectivity index is 1.38. The van der Waals surface area contributed by atoms with E-state index in [1.54, 1.807) is 24.0 Å². The molecular formula is C21H25F2N5O3. The van der Waals surface area contributed by atoms with E-state index in [0.717, 1.165) is 19.3 Å². The SMILES string of the molecule is C[C@@H](C(=O)Nc1ccc(OC2CCC2)nn1)N1CCC(F)(F)[C@@H](c2ccc(=O)[nH]c2)C1. The molecule has 1 aliphatic carbocycles. The number of amides is 1. The highest BCUT2D eigenvalue weighted by Gasteiger charge is 2.46. The Bertz CT molecular complexity index is 957. The molecule has 2 fully saturated rings. The molecule has 3 heterocycles. The van der Waals surface area contributed by atoms with E-state index in [4.69, 9.17) is 4.74 Å². The minimum Gasteiger partial charge on any atom is -0.473 e. The van der Waals surface area contributed by atoms with Gasteiger partial charge in [-0.3, -0.25) is 14.5 Å². The molecule has 31 heavy (non-hydrogen) atoms. The zero-order valence-electron chi connectivity index (χ0n) is 17.2. The predicted molar refractivity (Wildman–Crippen MR) is 109 cm³/mol. The Labute approximate surface area is 178 Å². The van der Waals surface area contributed by atoms with E-state index in [0.29, 0.717) is 11.4 Å². The highest BCUT2D eigenvalue weighted by Crippen LogP contribution is 2.40. The maximum atomic E-state index is 14.5. The van der Waals surface area contributed by atoms with Gasteiger partial charge in [0.2, 0.25) is 17.3 Å². The van der Waals surface area contributed by atoms with Crippen molar-refractivity contribution in [2.75, 3.05) is 18.4 Å².